The lowest BCUT2D eigenvalue weighted by molar-refractivity contribution is 0.199. The van der Waals surface area contributed by atoms with Crippen LogP contribution in [-0.4, -0.2) is 35.8 Å². The molecular weight excluding hydrogens is 428 g/mol. The van der Waals surface area contributed by atoms with Crippen molar-refractivity contribution < 1.29 is 0 Å². The van der Waals surface area contributed by atoms with Crippen molar-refractivity contribution in [2.24, 2.45) is 7.05 Å². The first-order valence-corrected chi connectivity index (χ1v) is 10.8. The Morgan fingerprint density at radius 3 is 2.52 bits per heavy atom. The van der Waals surface area contributed by atoms with Crippen LogP contribution in [0.4, 0.5) is 0 Å². The van der Waals surface area contributed by atoms with Gasteiger partial charge in [-0.15, -0.1) is 0 Å². The summed E-state index contributed by atoms with van der Waals surface area (Å²) in [7, 11) is 4.05. The smallest absolute Gasteiger partial charge is 0.203 e. The maximum absolute atomic E-state index is 6.12. The lowest BCUT2D eigenvalue weighted by atomic mass is 10.1. The number of nitrogens with zero attached hydrogens (tertiary/aromatic N) is 6. The highest BCUT2D eigenvalue weighted by molar-refractivity contribution is 7.71. The molecule has 2 aromatic carbocycles. The first-order chi connectivity index (χ1) is 14.8. The van der Waals surface area contributed by atoms with Crippen LogP contribution in [0.5, 0.6) is 0 Å². The molecule has 0 unspecified atom stereocenters. The van der Waals surface area contributed by atoms with E-state index in [4.69, 9.17) is 23.8 Å². The Kier molecular flexibility index (Phi) is 6.09. The van der Waals surface area contributed by atoms with Crippen molar-refractivity contribution in [1.29, 1.82) is 0 Å². The quantitative estimate of drug-likeness (QED) is 0.382. The average molecular weight is 453 g/mol. The Bertz CT molecular complexity index is 1250. The Balaban J connectivity index is 1.67. The third-order valence-electron chi connectivity index (χ3n) is 5.43. The molecule has 0 saturated heterocycles. The van der Waals surface area contributed by atoms with E-state index in [1.165, 1.54) is 5.56 Å². The first-order valence-electron chi connectivity index (χ1n) is 10.00. The highest BCUT2D eigenvalue weighted by Crippen LogP contribution is 2.28. The minimum atomic E-state index is -0.0783. The predicted molar refractivity (Wildman–Crippen MR) is 126 cm³/mol. The van der Waals surface area contributed by atoms with Crippen molar-refractivity contribution in [2.45, 2.75) is 26.6 Å². The second kappa shape index (κ2) is 8.78. The number of halogens is 1. The molecule has 1 atom stereocenters. The third kappa shape index (κ3) is 4.35. The van der Waals surface area contributed by atoms with Crippen LogP contribution in [0.2, 0.25) is 5.02 Å². The lowest BCUT2D eigenvalue weighted by Gasteiger charge is -2.28. The first kappa shape index (κ1) is 21.5. The SMILES string of the molecule is Cc1ccc(-n2cnn(CN(C)[C@H](c3ccc(Cl)cc3)c3nccn3C)c2=S)c(C)c1. The van der Waals surface area contributed by atoms with E-state index >= 15 is 0 Å². The molecule has 2 aromatic heterocycles. The highest BCUT2D eigenvalue weighted by atomic mass is 35.5. The molecule has 0 spiro atoms. The number of benzene rings is 2. The second-order valence-corrected chi connectivity index (χ2v) is 8.62. The van der Waals surface area contributed by atoms with Gasteiger partial charge in [0.25, 0.3) is 0 Å². The van der Waals surface area contributed by atoms with Crippen molar-refractivity contribution in [1.82, 2.24) is 28.8 Å². The molecule has 4 aromatic rings. The highest BCUT2D eigenvalue weighted by Gasteiger charge is 2.24. The van der Waals surface area contributed by atoms with Crippen molar-refractivity contribution in [3.8, 4) is 5.69 Å². The van der Waals surface area contributed by atoms with Crippen LogP contribution in [0, 0.1) is 18.6 Å². The summed E-state index contributed by atoms with van der Waals surface area (Å²) >= 11 is 11.9. The van der Waals surface area contributed by atoms with E-state index in [1.807, 2.05) is 64.6 Å². The van der Waals surface area contributed by atoms with Crippen LogP contribution >= 0.6 is 23.8 Å². The van der Waals surface area contributed by atoms with Gasteiger partial charge in [0.05, 0.1) is 18.4 Å². The molecular formula is C23H25ClN6S. The fourth-order valence-corrected chi connectivity index (χ4v) is 4.23. The summed E-state index contributed by atoms with van der Waals surface area (Å²) in [6, 6.07) is 14.1. The Hall–Kier alpha value is -2.74. The van der Waals surface area contributed by atoms with E-state index in [0.29, 0.717) is 16.5 Å². The molecule has 31 heavy (non-hydrogen) atoms. The van der Waals surface area contributed by atoms with E-state index in [-0.39, 0.29) is 6.04 Å². The topological polar surface area (TPSA) is 43.8 Å². The fourth-order valence-electron chi connectivity index (χ4n) is 3.85. The van der Waals surface area contributed by atoms with Crippen LogP contribution in [0.3, 0.4) is 0 Å². The number of rotatable bonds is 6. The molecule has 0 N–H and O–H groups in total. The molecule has 2 heterocycles. The summed E-state index contributed by atoms with van der Waals surface area (Å²) in [4.78, 5) is 6.78. The normalized spacial score (nSPS) is 12.5. The minimum absolute atomic E-state index is 0.0783. The van der Waals surface area contributed by atoms with E-state index in [2.05, 4.69) is 47.0 Å². The van der Waals surface area contributed by atoms with Gasteiger partial charge in [0, 0.05) is 24.5 Å². The molecule has 0 aliphatic carbocycles. The van der Waals surface area contributed by atoms with Gasteiger partial charge in [-0.3, -0.25) is 9.47 Å². The molecule has 0 radical (unpaired) electrons. The van der Waals surface area contributed by atoms with Gasteiger partial charge in [-0.1, -0.05) is 41.4 Å². The van der Waals surface area contributed by atoms with Gasteiger partial charge in [-0.25, -0.2) is 9.67 Å². The van der Waals surface area contributed by atoms with Crippen LogP contribution in [0.15, 0.2) is 61.2 Å². The zero-order valence-electron chi connectivity index (χ0n) is 18.0. The molecule has 0 fully saturated rings. The van der Waals surface area contributed by atoms with Crippen molar-refractivity contribution in [3.05, 3.63) is 93.5 Å². The van der Waals surface area contributed by atoms with Crippen LogP contribution in [0.1, 0.15) is 28.6 Å². The maximum atomic E-state index is 6.12. The Labute approximate surface area is 192 Å². The van der Waals surface area contributed by atoms with E-state index in [9.17, 15) is 0 Å². The Morgan fingerprint density at radius 2 is 1.87 bits per heavy atom. The molecule has 0 amide bonds. The van der Waals surface area contributed by atoms with Gasteiger partial charge in [-0.05, 0) is 62.4 Å². The number of aryl methyl sites for hydroxylation is 3. The summed E-state index contributed by atoms with van der Waals surface area (Å²) < 4.78 is 6.47. The molecule has 6 nitrogen and oxygen atoms in total. The predicted octanol–water partition coefficient (Wildman–Crippen LogP) is 5.09. The van der Waals surface area contributed by atoms with E-state index in [0.717, 1.165) is 22.6 Å². The minimum Gasteiger partial charge on any atom is -0.336 e. The molecule has 0 saturated carbocycles. The summed E-state index contributed by atoms with van der Waals surface area (Å²) in [5.74, 6) is 0.935. The summed E-state index contributed by atoms with van der Waals surface area (Å²) in [6.07, 6.45) is 5.55. The van der Waals surface area contributed by atoms with Gasteiger partial charge in [-0.2, -0.15) is 5.10 Å². The van der Waals surface area contributed by atoms with Crippen LogP contribution in [0.25, 0.3) is 5.69 Å². The summed E-state index contributed by atoms with van der Waals surface area (Å²) in [5.41, 5.74) is 4.53. The summed E-state index contributed by atoms with van der Waals surface area (Å²) in [6.45, 7) is 4.69. The van der Waals surface area contributed by atoms with E-state index in [1.54, 1.807) is 6.33 Å². The molecule has 0 aliphatic rings. The van der Waals surface area contributed by atoms with Gasteiger partial charge in [0.2, 0.25) is 4.77 Å². The number of imidazole rings is 1. The van der Waals surface area contributed by atoms with Crippen LogP contribution in [-0.2, 0) is 13.7 Å². The molecule has 8 heteroatoms. The van der Waals surface area contributed by atoms with Gasteiger partial charge in [0.15, 0.2) is 0 Å². The molecule has 0 aliphatic heterocycles. The zero-order valence-corrected chi connectivity index (χ0v) is 19.6. The lowest BCUT2D eigenvalue weighted by Crippen LogP contribution is -2.30. The maximum Gasteiger partial charge on any atom is 0.203 e. The van der Waals surface area contributed by atoms with E-state index < -0.39 is 0 Å². The standard InChI is InChI=1S/C23H25ClN6S/c1-16-5-10-20(17(2)13-16)29-14-26-30(23(29)31)15-28(4)21(22-25-11-12-27(22)3)18-6-8-19(24)9-7-18/h5-14,21H,15H2,1-4H3/t21-/m1/s1. The van der Waals surface area contributed by atoms with Crippen LogP contribution < -0.4 is 0 Å². The second-order valence-electron chi connectivity index (χ2n) is 7.82. The monoisotopic (exact) mass is 452 g/mol. The van der Waals surface area contributed by atoms with Gasteiger partial charge >= 0.3 is 0 Å². The van der Waals surface area contributed by atoms with Crippen molar-refractivity contribution in [2.75, 3.05) is 7.05 Å². The van der Waals surface area contributed by atoms with Crippen molar-refractivity contribution in [3.63, 3.8) is 0 Å². The number of aromatic nitrogens is 5. The Morgan fingerprint density at radius 1 is 1.13 bits per heavy atom. The molecule has 4 rings (SSSR count). The van der Waals surface area contributed by atoms with Gasteiger partial charge in [0.1, 0.15) is 12.2 Å². The van der Waals surface area contributed by atoms with Crippen molar-refractivity contribution >= 4 is 23.8 Å². The average Bonchev–Trinajstić information content (AvgIpc) is 3.30. The summed E-state index contributed by atoms with van der Waals surface area (Å²) in [5, 5.41) is 5.28. The molecule has 0 bridgehead atoms. The fraction of sp³-hybridized carbons (Fsp3) is 0.261. The third-order valence-corrected chi connectivity index (χ3v) is 6.09. The number of hydrogen-bond donors (Lipinski definition) is 0. The zero-order chi connectivity index (χ0) is 22.1. The van der Waals surface area contributed by atoms with Gasteiger partial charge < -0.3 is 4.57 Å². The molecule has 160 valence electrons. The number of hydrogen-bond acceptors (Lipinski definition) is 4. The largest absolute Gasteiger partial charge is 0.336 e.